The molecule has 0 fully saturated rings. The summed E-state index contributed by atoms with van der Waals surface area (Å²) in [5, 5.41) is 0.569. The van der Waals surface area contributed by atoms with Gasteiger partial charge in [-0.2, -0.15) is 0 Å². The molecule has 0 aliphatic carbocycles. The number of hydrogen-bond acceptors (Lipinski definition) is 2. The van der Waals surface area contributed by atoms with Crippen LogP contribution in [0.3, 0.4) is 0 Å². The largest absolute Gasteiger partial charge is 0.460 e. The minimum atomic E-state index is -0.443. The van der Waals surface area contributed by atoms with Crippen molar-refractivity contribution in [1.29, 1.82) is 0 Å². The molecule has 0 spiro atoms. The molecule has 0 atom stereocenters. The lowest BCUT2D eigenvalue weighted by Gasteiger charge is -2.20. The molecule has 0 saturated heterocycles. The van der Waals surface area contributed by atoms with E-state index in [0.29, 0.717) is 11.5 Å². The number of carbonyl (C=O) groups excluding carboxylic acids is 1. The van der Waals surface area contributed by atoms with E-state index in [-0.39, 0.29) is 5.97 Å². The lowest BCUT2D eigenvalue weighted by molar-refractivity contribution is -0.153. The lowest BCUT2D eigenvalue weighted by atomic mass is 10.0. The van der Waals surface area contributed by atoms with E-state index in [1.807, 2.05) is 33.8 Å². The zero-order chi connectivity index (χ0) is 20.0. The molecular formula is C22H33ClNO2+. The summed E-state index contributed by atoms with van der Waals surface area (Å²) < 4.78 is 9.51. The Kier molecular flexibility index (Phi) is 12.4. The van der Waals surface area contributed by atoms with E-state index in [1.165, 1.54) is 0 Å². The molecule has 0 aromatic carbocycles. The molecule has 144 valence electrons. The zero-order valence-electron chi connectivity index (χ0n) is 16.8. The van der Waals surface area contributed by atoms with Gasteiger partial charge in [0.1, 0.15) is 5.60 Å². The van der Waals surface area contributed by atoms with E-state index in [9.17, 15) is 4.79 Å². The summed E-state index contributed by atoms with van der Waals surface area (Å²) >= 11 is 6.12. The molecule has 26 heavy (non-hydrogen) atoms. The molecule has 0 amide bonds. The summed E-state index contributed by atoms with van der Waals surface area (Å²) in [4.78, 5) is 12.0. The molecule has 0 aliphatic heterocycles. The van der Waals surface area contributed by atoms with Gasteiger partial charge in [-0.15, -0.1) is 4.67 Å². The van der Waals surface area contributed by atoms with Crippen molar-refractivity contribution >= 4 is 30.0 Å². The Morgan fingerprint density at radius 2 is 1.96 bits per heavy atom. The van der Waals surface area contributed by atoms with Crippen LogP contribution in [-0.2, 0) is 9.53 Å². The van der Waals surface area contributed by atoms with Crippen LogP contribution in [0.1, 0.15) is 66.7 Å². The smallest absolute Gasteiger partial charge is 0.310 e. The van der Waals surface area contributed by atoms with Crippen LogP contribution in [-0.4, -0.2) is 24.0 Å². The van der Waals surface area contributed by atoms with E-state index in [4.69, 9.17) is 16.3 Å². The zero-order valence-corrected chi connectivity index (χ0v) is 17.6. The summed E-state index contributed by atoms with van der Waals surface area (Å²) in [5.74, 6) is -0.164. The Morgan fingerprint density at radius 3 is 2.50 bits per heavy atom. The number of nitrogens with zero attached hydrogens (tertiary/aromatic N) is 1. The van der Waals surface area contributed by atoms with Gasteiger partial charge in [-0.25, -0.2) is 0 Å². The molecule has 0 aromatic heterocycles. The maximum Gasteiger partial charge on any atom is 0.310 e. The SMILES string of the molecule is C=C/C(Cl)=C(C=[N+]=CC)/C=C/CC/C=C(\CCC)CC(=O)OC(C)(C)C. The third-order valence-electron chi connectivity index (χ3n) is 3.24. The number of allylic oxidation sites excluding steroid dienone is 6. The van der Waals surface area contributed by atoms with E-state index < -0.39 is 5.60 Å². The first-order valence-electron chi connectivity index (χ1n) is 9.13. The van der Waals surface area contributed by atoms with Crippen LogP contribution in [0.5, 0.6) is 0 Å². The summed E-state index contributed by atoms with van der Waals surface area (Å²) in [5.41, 5.74) is 1.52. The number of carbonyl (C=O) groups is 1. The highest BCUT2D eigenvalue weighted by Crippen LogP contribution is 2.16. The van der Waals surface area contributed by atoms with Gasteiger partial charge in [0, 0.05) is 6.92 Å². The van der Waals surface area contributed by atoms with Crippen molar-refractivity contribution in [2.24, 2.45) is 0 Å². The highest BCUT2D eigenvalue weighted by Gasteiger charge is 2.16. The molecule has 0 saturated carbocycles. The average molecular weight is 379 g/mol. The second-order valence-electron chi connectivity index (χ2n) is 6.90. The normalized spacial score (nSPS) is 13.1. The van der Waals surface area contributed by atoms with Crippen molar-refractivity contribution in [2.75, 3.05) is 0 Å². The Morgan fingerprint density at radius 1 is 1.27 bits per heavy atom. The van der Waals surface area contributed by atoms with Crippen molar-refractivity contribution < 1.29 is 9.53 Å². The van der Waals surface area contributed by atoms with E-state index >= 15 is 0 Å². The first kappa shape index (κ1) is 24.2. The standard InChI is InChI=1S/C22H33ClNO2/c1-7-13-18(16-21(25)26-22(4,5)6)14-11-10-12-15-19(17-24-9-3)20(23)8-2/h8-9,12,14-15,17H,2,7,10-11,13,16H2,1,3-6H3/q+1/b15-12+,18-14+,20-19+. The fraction of sp³-hybridized carbons (Fsp3) is 0.500. The summed E-state index contributed by atoms with van der Waals surface area (Å²) in [6.45, 7) is 13.3. The molecule has 0 bridgehead atoms. The van der Waals surface area contributed by atoms with Gasteiger partial charge in [-0.05, 0) is 46.1 Å². The van der Waals surface area contributed by atoms with Crippen LogP contribution in [0, 0.1) is 0 Å². The Balaban J connectivity index is 4.80. The second kappa shape index (κ2) is 13.4. The monoisotopic (exact) mass is 378 g/mol. The molecule has 0 rings (SSSR count). The van der Waals surface area contributed by atoms with Crippen LogP contribution < -0.4 is 4.67 Å². The number of rotatable bonds is 10. The molecule has 3 nitrogen and oxygen atoms in total. The van der Waals surface area contributed by atoms with Gasteiger partial charge < -0.3 is 4.74 Å². The van der Waals surface area contributed by atoms with Crippen molar-refractivity contribution in [2.45, 2.75) is 72.3 Å². The van der Waals surface area contributed by atoms with Gasteiger partial charge >= 0.3 is 12.2 Å². The fourth-order valence-electron chi connectivity index (χ4n) is 2.20. The third-order valence-corrected chi connectivity index (χ3v) is 3.62. The first-order valence-corrected chi connectivity index (χ1v) is 9.50. The third kappa shape index (κ3) is 12.5. The summed E-state index contributed by atoms with van der Waals surface area (Å²) in [6, 6.07) is 0. The van der Waals surface area contributed by atoms with Crippen LogP contribution in [0.15, 0.2) is 47.1 Å². The first-order chi connectivity index (χ1) is 12.2. The molecule has 0 unspecified atom stereocenters. The Labute approximate surface area is 163 Å². The van der Waals surface area contributed by atoms with Crippen molar-refractivity contribution in [3.63, 3.8) is 0 Å². The minimum Gasteiger partial charge on any atom is -0.460 e. The van der Waals surface area contributed by atoms with E-state index in [1.54, 1.807) is 18.5 Å². The van der Waals surface area contributed by atoms with E-state index in [2.05, 4.69) is 30.3 Å². The topological polar surface area (TPSA) is 40.4 Å². The van der Waals surface area contributed by atoms with Gasteiger partial charge in [-0.1, -0.05) is 55.3 Å². The molecule has 0 aliphatic rings. The Bertz CT molecular complexity index is 613. The summed E-state index contributed by atoms with van der Waals surface area (Å²) in [6.07, 6.45) is 15.2. The van der Waals surface area contributed by atoms with Gasteiger partial charge in [0.2, 0.25) is 0 Å². The van der Waals surface area contributed by atoms with Crippen LogP contribution in [0.4, 0.5) is 0 Å². The molecule has 4 heteroatoms. The molecule has 0 heterocycles. The predicted octanol–water partition coefficient (Wildman–Crippen LogP) is 5.69. The predicted molar refractivity (Wildman–Crippen MR) is 115 cm³/mol. The molecule has 0 radical (unpaired) electrons. The van der Waals surface area contributed by atoms with Crippen LogP contribution in [0.2, 0.25) is 0 Å². The molecule has 0 N–H and O–H groups in total. The number of unbranched alkanes of at least 4 members (excludes halogenated alkanes) is 1. The minimum absolute atomic E-state index is 0.164. The maximum absolute atomic E-state index is 12.0. The lowest BCUT2D eigenvalue weighted by Crippen LogP contribution is -2.24. The molecular weight excluding hydrogens is 346 g/mol. The number of esters is 1. The second-order valence-corrected chi connectivity index (χ2v) is 7.31. The van der Waals surface area contributed by atoms with Crippen LogP contribution in [0.25, 0.3) is 0 Å². The highest BCUT2D eigenvalue weighted by molar-refractivity contribution is 6.33. The van der Waals surface area contributed by atoms with Crippen molar-refractivity contribution in [3.8, 4) is 0 Å². The number of ether oxygens (including phenoxy) is 1. The Hall–Kier alpha value is -1.83. The van der Waals surface area contributed by atoms with E-state index in [0.717, 1.165) is 36.8 Å². The van der Waals surface area contributed by atoms with Crippen molar-refractivity contribution in [1.82, 2.24) is 4.67 Å². The van der Waals surface area contributed by atoms with Gasteiger partial charge in [0.25, 0.3) is 6.21 Å². The van der Waals surface area contributed by atoms with Crippen LogP contribution >= 0.6 is 11.6 Å². The number of hydrogen-bond donors (Lipinski definition) is 0. The van der Waals surface area contributed by atoms with Gasteiger partial charge in [0.05, 0.1) is 17.0 Å². The highest BCUT2D eigenvalue weighted by atomic mass is 35.5. The maximum atomic E-state index is 12.0. The average Bonchev–Trinajstić information content (AvgIpc) is 2.54. The van der Waals surface area contributed by atoms with Gasteiger partial charge in [0.15, 0.2) is 0 Å². The van der Waals surface area contributed by atoms with Crippen molar-refractivity contribution in [3.05, 3.63) is 47.1 Å². The molecule has 0 aromatic rings. The van der Waals surface area contributed by atoms with Gasteiger partial charge in [-0.3, -0.25) is 4.79 Å². The quantitative estimate of drug-likeness (QED) is 0.122. The summed E-state index contributed by atoms with van der Waals surface area (Å²) in [7, 11) is 0. The fourth-order valence-corrected chi connectivity index (χ4v) is 2.31. The number of halogens is 1.